The van der Waals surface area contributed by atoms with Crippen LogP contribution in [0.3, 0.4) is 0 Å². The first kappa shape index (κ1) is 25.3. The maximum absolute atomic E-state index is 9.02. The summed E-state index contributed by atoms with van der Waals surface area (Å²) in [6.07, 6.45) is 16.7. The second-order valence-corrected chi connectivity index (χ2v) is 7.10. The zero-order valence-corrected chi connectivity index (χ0v) is 18.1. The lowest BCUT2D eigenvalue weighted by molar-refractivity contribution is -0.0578. The van der Waals surface area contributed by atoms with Crippen molar-refractivity contribution in [2.75, 3.05) is 27.1 Å². The normalized spacial score (nSPS) is 13.6. The number of allylic oxidation sites excluding steroid dienone is 4. The van der Waals surface area contributed by atoms with E-state index < -0.39 is 0 Å². The first-order valence-electron chi connectivity index (χ1n) is 10.6. The van der Waals surface area contributed by atoms with E-state index in [4.69, 9.17) is 19.3 Å². The smallest absolute Gasteiger partial charge is 0.147 e. The van der Waals surface area contributed by atoms with Crippen LogP contribution in [0, 0.1) is 0 Å². The second kappa shape index (κ2) is 18.3. The van der Waals surface area contributed by atoms with Crippen molar-refractivity contribution in [1.29, 1.82) is 0 Å². The molecule has 0 aliphatic rings. The van der Waals surface area contributed by atoms with Gasteiger partial charge in [-0.1, -0.05) is 66.3 Å². The van der Waals surface area contributed by atoms with E-state index in [0.29, 0.717) is 13.4 Å². The predicted molar refractivity (Wildman–Crippen MR) is 120 cm³/mol. The molecule has 0 saturated carbocycles. The van der Waals surface area contributed by atoms with Crippen molar-refractivity contribution in [2.24, 2.45) is 0 Å². The van der Waals surface area contributed by atoms with Gasteiger partial charge in [-0.05, 0) is 51.0 Å². The predicted octanol–water partition coefficient (Wildman–Crippen LogP) is 5.58. The highest BCUT2D eigenvalue weighted by Gasteiger charge is 2.03. The lowest BCUT2D eigenvalue weighted by atomic mass is 10.1. The Balaban J connectivity index is 2.13. The molecule has 0 fully saturated rings. The van der Waals surface area contributed by atoms with Crippen molar-refractivity contribution in [3.05, 3.63) is 71.8 Å². The number of aliphatic hydroxyl groups is 1. The van der Waals surface area contributed by atoms with E-state index in [1.807, 2.05) is 25.1 Å². The maximum atomic E-state index is 9.02. The molecule has 1 unspecified atom stereocenters. The molecule has 0 bridgehead atoms. The third-order valence-electron chi connectivity index (χ3n) is 4.43. The monoisotopic (exact) mass is 402 g/mol. The van der Waals surface area contributed by atoms with E-state index in [1.54, 1.807) is 7.11 Å². The summed E-state index contributed by atoms with van der Waals surface area (Å²) in [7, 11) is 1.64. The molecular weight excluding hydrogens is 364 g/mol. The van der Waals surface area contributed by atoms with Crippen LogP contribution >= 0.6 is 0 Å². The van der Waals surface area contributed by atoms with Gasteiger partial charge in [0.1, 0.15) is 6.79 Å². The van der Waals surface area contributed by atoms with Crippen LogP contribution < -0.4 is 0 Å². The summed E-state index contributed by atoms with van der Waals surface area (Å²) in [5, 5.41) is 9.02. The molecule has 0 aliphatic carbocycles. The van der Waals surface area contributed by atoms with E-state index in [0.717, 1.165) is 50.7 Å². The van der Waals surface area contributed by atoms with Crippen LogP contribution in [0.15, 0.2) is 66.3 Å². The highest BCUT2D eigenvalue weighted by atomic mass is 16.7. The van der Waals surface area contributed by atoms with Crippen LogP contribution in [-0.4, -0.2) is 38.3 Å². The van der Waals surface area contributed by atoms with Crippen molar-refractivity contribution in [3.8, 4) is 0 Å². The molecule has 1 aromatic carbocycles. The summed E-state index contributed by atoms with van der Waals surface area (Å²) >= 11 is 0. The fourth-order valence-electron chi connectivity index (χ4n) is 2.72. The van der Waals surface area contributed by atoms with E-state index in [-0.39, 0.29) is 12.7 Å². The summed E-state index contributed by atoms with van der Waals surface area (Å²) in [4.78, 5) is 0. The first-order chi connectivity index (χ1) is 14.3. The maximum Gasteiger partial charge on any atom is 0.147 e. The number of ether oxygens (including phenoxy) is 3. The Kier molecular flexibility index (Phi) is 16.0. The molecule has 29 heavy (non-hydrogen) atoms. The lowest BCUT2D eigenvalue weighted by Gasteiger charge is -2.12. The van der Waals surface area contributed by atoms with Gasteiger partial charge in [-0.25, -0.2) is 0 Å². The Morgan fingerprint density at radius 1 is 1.07 bits per heavy atom. The van der Waals surface area contributed by atoms with Gasteiger partial charge in [0, 0.05) is 13.7 Å². The van der Waals surface area contributed by atoms with Crippen molar-refractivity contribution in [1.82, 2.24) is 0 Å². The Labute approximate surface area is 176 Å². The minimum atomic E-state index is 0.0498. The molecule has 0 spiro atoms. The number of benzene rings is 1. The fourth-order valence-corrected chi connectivity index (χ4v) is 2.72. The van der Waals surface area contributed by atoms with Gasteiger partial charge in [-0.2, -0.15) is 0 Å². The number of hydrogen-bond acceptors (Lipinski definition) is 4. The molecular formula is C25H38O4. The van der Waals surface area contributed by atoms with Gasteiger partial charge in [-0.15, -0.1) is 0 Å². The van der Waals surface area contributed by atoms with Crippen LogP contribution in [0.5, 0.6) is 0 Å². The zero-order valence-electron chi connectivity index (χ0n) is 18.1. The largest absolute Gasteiger partial charge is 0.392 e. The van der Waals surface area contributed by atoms with Gasteiger partial charge >= 0.3 is 0 Å². The third kappa shape index (κ3) is 14.9. The lowest BCUT2D eigenvalue weighted by Crippen LogP contribution is -2.11. The van der Waals surface area contributed by atoms with Crippen molar-refractivity contribution in [2.45, 2.75) is 58.2 Å². The van der Waals surface area contributed by atoms with Crippen LogP contribution in [0.4, 0.5) is 0 Å². The fraction of sp³-hybridized carbons (Fsp3) is 0.520. The molecule has 1 aromatic rings. The summed E-state index contributed by atoms with van der Waals surface area (Å²) in [6.45, 7) is 3.87. The molecule has 1 atom stereocenters. The van der Waals surface area contributed by atoms with E-state index in [9.17, 15) is 0 Å². The second-order valence-electron chi connectivity index (χ2n) is 7.10. The van der Waals surface area contributed by atoms with E-state index in [1.165, 1.54) is 5.56 Å². The quantitative estimate of drug-likeness (QED) is 0.160. The van der Waals surface area contributed by atoms with Gasteiger partial charge in [0.2, 0.25) is 0 Å². The molecule has 0 amide bonds. The van der Waals surface area contributed by atoms with Gasteiger partial charge < -0.3 is 19.3 Å². The molecule has 4 nitrogen and oxygen atoms in total. The SMILES string of the molecule is COCOC(C=CC=CCCCCOCc1ccccc1)CCCC=C(C)CO. The average Bonchev–Trinajstić information content (AvgIpc) is 2.76. The topological polar surface area (TPSA) is 47.9 Å². The minimum Gasteiger partial charge on any atom is -0.392 e. The van der Waals surface area contributed by atoms with Crippen LogP contribution in [-0.2, 0) is 20.8 Å². The third-order valence-corrected chi connectivity index (χ3v) is 4.43. The number of rotatable bonds is 17. The first-order valence-corrected chi connectivity index (χ1v) is 10.6. The number of aliphatic hydroxyl groups excluding tert-OH is 1. The van der Waals surface area contributed by atoms with E-state index in [2.05, 4.69) is 42.5 Å². The molecule has 1 rings (SSSR count). The molecule has 0 heterocycles. The summed E-state index contributed by atoms with van der Waals surface area (Å²) in [5.41, 5.74) is 2.24. The number of unbranched alkanes of at least 4 members (excludes halogenated alkanes) is 3. The molecule has 4 heteroatoms. The molecule has 162 valence electrons. The molecule has 1 N–H and O–H groups in total. The van der Waals surface area contributed by atoms with Crippen LogP contribution in [0.25, 0.3) is 0 Å². The number of methoxy groups -OCH3 is 1. The van der Waals surface area contributed by atoms with E-state index >= 15 is 0 Å². The number of hydrogen-bond donors (Lipinski definition) is 1. The summed E-state index contributed by atoms with van der Waals surface area (Å²) < 4.78 is 16.4. The Hall–Kier alpha value is -1.72. The van der Waals surface area contributed by atoms with Gasteiger partial charge in [0.15, 0.2) is 0 Å². The minimum absolute atomic E-state index is 0.0498. The Morgan fingerprint density at radius 3 is 2.66 bits per heavy atom. The van der Waals surface area contributed by atoms with Gasteiger partial charge in [-0.3, -0.25) is 0 Å². The summed E-state index contributed by atoms with van der Waals surface area (Å²) in [5.74, 6) is 0. The molecule has 0 aliphatic heterocycles. The van der Waals surface area contributed by atoms with Crippen LogP contribution in [0.1, 0.15) is 51.0 Å². The van der Waals surface area contributed by atoms with Crippen molar-refractivity contribution < 1.29 is 19.3 Å². The molecule has 0 radical (unpaired) electrons. The summed E-state index contributed by atoms with van der Waals surface area (Å²) in [6, 6.07) is 10.3. The van der Waals surface area contributed by atoms with Crippen molar-refractivity contribution in [3.63, 3.8) is 0 Å². The van der Waals surface area contributed by atoms with Crippen molar-refractivity contribution >= 4 is 0 Å². The Morgan fingerprint density at radius 2 is 1.90 bits per heavy atom. The molecule has 0 aromatic heterocycles. The Bertz CT molecular complexity index is 578. The zero-order chi connectivity index (χ0) is 21.0. The standard InChI is InChI=1S/C25H38O4/c1-23(20-26)14-11-12-18-25(29-22-27-2)17-10-5-3-4-6-13-19-28-21-24-15-8-7-9-16-24/h3,5,7-10,14-17,25-26H,4,6,11-13,18-22H2,1-2H3. The van der Waals surface area contributed by atoms with Gasteiger partial charge in [0.25, 0.3) is 0 Å². The average molecular weight is 403 g/mol. The highest BCUT2D eigenvalue weighted by molar-refractivity contribution is 5.13. The highest BCUT2D eigenvalue weighted by Crippen LogP contribution is 2.09. The molecule has 0 saturated heterocycles. The van der Waals surface area contributed by atoms with Gasteiger partial charge in [0.05, 0.1) is 19.3 Å². The van der Waals surface area contributed by atoms with Crippen LogP contribution in [0.2, 0.25) is 0 Å².